The van der Waals surface area contributed by atoms with Crippen LogP contribution in [0.5, 0.6) is 11.5 Å². The highest BCUT2D eigenvalue weighted by Gasteiger charge is 2.32. The van der Waals surface area contributed by atoms with E-state index in [0.717, 1.165) is 11.3 Å². The highest BCUT2D eigenvalue weighted by atomic mass is 32.1. The van der Waals surface area contributed by atoms with Gasteiger partial charge in [-0.25, -0.2) is 9.38 Å². The Balaban J connectivity index is 1.63. The van der Waals surface area contributed by atoms with Crippen molar-refractivity contribution in [2.75, 3.05) is 12.4 Å². The fourth-order valence-electron chi connectivity index (χ4n) is 4.41. The maximum Gasteiger partial charge on any atom is 0.387 e. The van der Waals surface area contributed by atoms with Crippen LogP contribution >= 0.6 is 11.3 Å². The number of ether oxygens (including phenoxy) is 2. The van der Waals surface area contributed by atoms with Crippen LogP contribution < -0.4 is 29.7 Å². The first-order valence-corrected chi connectivity index (χ1v) is 12.8. The maximum atomic E-state index is 13.8. The van der Waals surface area contributed by atoms with Gasteiger partial charge in [-0.1, -0.05) is 47.7 Å². The van der Waals surface area contributed by atoms with E-state index in [2.05, 4.69) is 15.0 Å². The van der Waals surface area contributed by atoms with Crippen LogP contribution in [0.15, 0.2) is 93.9 Å². The van der Waals surface area contributed by atoms with Crippen LogP contribution in [-0.4, -0.2) is 24.2 Å². The molecule has 2 heterocycles. The number of rotatable bonds is 7. The number of nitrogens with zero attached hydrogens (tertiary/aromatic N) is 2. The van der Waals surface area contributed by atoms with E-state index in [1.54, 1.807) is 37.3 Å². The van der Waals surface area contributed by atoms with E-state index in [1.165, 1.54) is 54.1 Å². The molecule has 0 unspecified atom stereocenters. The van der Waals surface area contributed by atoms with Crippen molar-refractivity contribution in [3.8, 4) is 11.5 Å². The first-order valence-electron chi connectivity index (χ1n) is 12.0. The molecule has 11 heteroatoms. The topological polar surface area (TPSA) is 81.9 Å². The number of thiazole rings is 1. The molecule has 0 fully saturated rings. The number of halogens is 3. The molecule has 1 atom stereocenters. The van der Waals surface area contributed by atoms with Crippen LogP contribution in [-0.2, 0) is 4.79 Å². The van der Waals surface area contributed by atoms with Crippen LogP contribution in [0.3, 0.4) is 0 Å². The van der Waals surface area contributed by atoms with Crippen LogP contribution in [0.1, 0.15) is 24.1 Å². The molecule has 0 radical (unpaired) electrons. The molecular formula is C29H22F3N3O4S. The first kappa shape index (κ1) is 26.9. The molecule has 0 saturated heterocycles. The number of allylic oxidation sites excluding steroid dienone is 1. The summed E-state index contributed by atoms with van der Waals surface area (Å²) in [5, 5.41) is 2.85. The highest BCUT2D eigenvalue weighted by Crippen LogP contribution is 2.32. The SMILES string of the molecule is COc1cc(/C=c2/sc3n(c2=O)[C@H](c2ccc(F)cc2)C(C(=O)Nc2ccccc2)=C(C)N=3)ccc1OC(F)F. The molecule has 1 aliphatic rings. The Kier molecular flexibility index (Phi) is 7.56. The van der Waals surface area contributed by atoms with Gasteiger partial charge in [-0.3, -0.25) is 14.2 Å². The lowest BCUT2D eigenvalue weighted by Gasteiger charge is -2.25. The zero-order valence-corrected chi connectivity index (χ0v) is 22.0. The number of fused-ring (bicyclic) bond motifs is 1. The predicted molar refractivity (Wildman–Crippen MR) is 145 cm³/mol. The van der Waals surface area contributed by atoms with Crippen molar-refractivity contribution in [3.05, 3.63) is 121 Å². The van der Waals surface area contributed by atoms with Gasteiger partial charge in [-0.05, 0) is 60.5 Å². The number of carbonyl (C=O) groups is 1. The van der Waals surface area contributed by atoms with E-state index < -0.39 is 29.9 Å². The van der Waals surface area contributed by atoms with Crippen LogP contribution in [0.25, 0.3) is 6.08 Å². The maximum absolute atomic E-state index is 13.8. The van der Waals surface area contributed by atoms with Gasteiger partial charge in [0.25, 0.3) is 11.5 Å². The second kappa shape index (κ2) is 11.2. The first-order chi connectivity index (χ1) is 19.2. The van der Waals surface area contributed by atoms with Crippen molar-refractivity contribution in [3.63, 3.8) is 0 Å². The van der Waals surface area contributed by atoms with E-state index in [0.29, 0.717) is 27.3 Å². The fraction of sp³-hybridized carbons (Fsp3) is 0.138. The summed E-state index contributed by atoms with van der Waals surface area (Å²) in [5.74, 6) is -0.977. The molecular weight excluding hydrogens is 543 g/mol. The standard InChI is InChI=1S/C29H22F3N3O4S/c1-16-24(26(36)34-20-6-4-3-5-7-20)25(18-9-11-19(30)12-10-18)35-27(37)23(40-29(35)33-16)15-17-8-13-21(39-28(31)32)22(14-17)38-2/h3-15,25,28H,1-2H3,(H,34,36)/b23-15+/t25-/m1/s1. The van der Waals surface area contributed by atoms with Gasteiger partial charge in [0, 0.05) is 5.69 Å². The number of nitrogens with one attached hydrogen (secondary N) is 1. The smallest absolute Gasteiger partial charge is 0.387 e. The predicted octanol–water partition coefficient (Wildman–Crippen LogP) is 4.62. The van der Waals surface area contributed by atoms with Gasteiger partial charge in [0.05, 0.1) is 29.0 Å². The third kappa shape index (κ3) is 5.41. The molecule has 1 N–H and O–H groups in total. The summed E-state index contributed by atoms with van der Waals surface area (Å²) in [5.41, 5.74) is 1.81. The number of aromatic nitrogens is 1. The lowest BCUT2D eigenvalue weighted by atomic mass is 9.95. The molecule has 0 saturated carbocycles. The summed E-state index contributed by atoms with van der Waals surface area (Å²) >= 11 is 1.10. The molecule has 1 aromatic heterocycles. The molecule has 3 aromatic carbocycles. The molecule has 1 amide bonds. The third-order valence-electron chi connectivity index (χ3n) is 6.19. The monoisotopic (exact) mass is 565 g/mol. The average Bonchev–Trinajstić information content (AvgIpc) is 3.23. The van der Waals surface area contributed by atoms with Crippen molar-refractivity contribution in [2.24, 2.45) is 4.99 Å². The number of benzene rings is 3. The van der Waals surface area contributed by atoms with Crippen molar-refractivity contribution in [1.82, 2.24) is 4.57 Å². The molecule has 1 aliphatic heterocycles. The lowest BCUT2D eigenvalue weighted by Crippen LogP contribution is -2.40. The number of methoxy groups -OCH3 is 1. The Morgan fingerprint density at radius 2 is 1.80 bits per heavy atom. The Hall–Kier alpha value is -4.64. The Morgan fingerprint density at radius 3 is 2.48 bits per heavy atom. The number of hydrogen-bond donors (Lipinski definition) is 1. The van der Waals surface area contributed by atoms with Crippen molar-refractivity contribution in [1.29, 1.82) is 0 Å². The molecule has 0 bridgehead atoms. The number of para-hydroxylation sites is 1. The van der Waals surface area contributed by atoms with Gasteiger partial charge >= 0.3 is 6.61 Å². The molecule has 5 rings (SSSR count). The number of anilines is 1. The minimum atomic E-state index is -3.02. The number of carbonyl (C=O) groups excluding carboxylic acids is 1. The molecule has 4 aromatic rings. The largest absolute Gasteiger partial charge is 0.493 e. The van der Waals surface area contributed by atoms with Crippen molar-refractivity contribution in [2.45, 2.75) is 19.6 Å². The highest BCUT2D eigenvalue weighted by molar-refractivity contribution is 7.07. The second-order valence-corrected chi connectivity index (χ2v) is 9.75. The zero-order chi connectivity index (χ0) is 28.4. The summed E-state index contributed by atoms with van der Waals surface area (Å²) in [7, 11) is 1.32. The number of hydrogen-bond acceptors (Lipinski definition) is 6. The minimum absolute atomic E-state index is 0.0710. The quantitative estimate of drug-likeness (QED) is 0.355. The summed E-state index contributed by atoms with van der Waals surface area (Å²) in [6.07, 6.45) is 1.57. The van der Waals surface area contributed by atoms with Gasteiger partial charge in [-0.15, -0.1) is 0 Å². The zero-order valence-electron chi connectivity index (χ0n) is 21.2. The summed E-state index contributed by atoms with van der Waals surface area (Å²) in [6.45, 7) is -1.34. The van der Waals surface area contributed by atoms with Crippen LogP contribution in [0.2, 0.25) is 0 Å². The molecule has 0 spiro atoms. The van der Waals surface area contributed by atoms with Gasteiger partial charge in [0.15, 0.2) is 16.3 Å². The van der Waals surface area contributed by atoms with E-state index >= 15 is 0 Å². The van der Waals surface area contributed by atoms with Crippen LogP contribution in [0, 0.1) is 5.82 Å². The Bertz CT molecular complexity index is 1780. The van der Waals surface area contributed by atoms with E-state index in [-0.39, 0.29) is 21.6 Å². The van der Waals surface area contributed by atoms with E-state index in [1.807, 2.05) is 6.07 Å². The Labute approximate surface area is 230 Å². The van der Waals surface area contributed by atoms with Crippen LogP contribution in [0.4, 0.5) is 18.9 Å². The molecule has 204 valence electrons. The van der Waals surface area contributed by atoms with Crippen molar-refractivity contribution >= 4 is 29.0 Å². The number of amides is 1. The van der Waals surface area contributed by atoms with Gasteiger partial charge < -0.3 is 14.8 Å². The minimum Gasteiger partial charge on any atom is -0.493 e. The molecule has 0 aliphatic carbocycles. The van der Waals surface area contributed by atoms with E-state index in [4.69, 9.17) is 4.74 Å². The third-order valence-corrected chi connectivity index (χ3v) is 7.17. The van der Waals surface area contributed by atoms with Crippen molar-refractivity contribution < 1.29 is 27.4 Å². The normalized spacial score (nSPS) is 15.1. The number of alkyl halides is 2. The molecule has 40 heavy (non-hydrogen) atoms. The van der Waals surface area contributed by atoms with Gasteiger partial charge in [0.2, 0.25) is 0 Å². The second-order valence-electron chi connectivity index (χ2n) is 8.74. The van der Waals surface area contributed by atoms with Gasteiger partial charge in [0.1, 0.15) is 5.82 Å². The Morgan fingerprint density at radius 1 is 1.07 bits per heavy atom. The summed E-state index contributed by atoms with van der Waals surface area (Å²) < 4.78 is 50.6. The van der Waals surface area contributed by atoms with E-state index in [9.17, 15) is 22.8 Å². The average molecular weight is 566 g/mol. The molecule has 7 nitrogen and oxygen atoms in total. The summed E-state index contributed by atoms with van der Waals surface area (Å²) in [6, 6.07) is 17.9. The lowest BCUT2D eigenvalue weighted by molar-refractivity contribution is -0.113. The van der Waals surface area contributed by atoms with Gasteiger partial charge in [-0.2, -0.15) is 8.78 Å². The summed E-state index contributed by atoms with van der Waals surface area (Å²) in [4.78, 5) is 32.2. The fourth-order valence-corrected chi connectivity index (χ4v) is 5.46.